The Balaban J connectivity index is 2.32. The van der Waals surface area contributed by atoms with E-state index in [0.717, 1.165) is 12.8 Å². The molecule has 0 aromatic heterocycles. The summed E-state index contributed by atoms with van der Waals surface area (Å²) in [5, 5.41) is 2.10. The van der Waals surface area contributed by atoms with Gasteiger partial charge in [-0.25, -0.2) is 17.7 Å². The van der Waals surface area contributed by atoms with Crippen molar-refractivity contribution < 1.29 is 45.1 Å². The molecule has 32 heavy (non-hydrogen) atoms. The van der Waals surface area contributed by atoms with E-state index in [1.807, 2.05) is 6.92 Å². The van der Waals surface area contributed by atoms with E-state index in [2.05, 4.69) is 9.61 Å². The molecule has 0 amide bonds. The van der Waals surface area contributed by atoms with Crippen molar-refractivity contribution in [1.29, 1.82) is 0 Å². The van der Waals surface area contributed by atoms with Gasteiger partial charge in [-0.05, 0) is 25.5 Å². The number of unbranched alkanes of at least 4 members (excludes halogenated alkanes) is 2. The normalized spacial score (nSPS) is 13.8. The first-order chi connectivity index (χ1) is 15.1. The lowest BCUT2D eigenvalue weighted by Crippen LogP contribution is -2.36. The molecule has 0 heterocycles. The van der Waals surface area contributed by atoms with Crippen LogP contribution in [0.5, 0.6) is 11.5 Å². The van der Waals surface area contributed by atoms with Crippen molar-refractivity contribution in [2.24, 2.45) is 0 Å². The molecule has 2 aromatic rings. The van der Waals surface area contributed by atoms with Gasteiger partial charge in [0, 0.05) is 0 Å². The average Bonchev–Trinajstić information content (AvgIpc) is 2.77. The fourth-order valence-corrected chi connectivity index (χ4v) is 3.94. The summed E-state index contributed by atoms with van der Waals surface area (Å²) in [5.41, 5.74) is 0. The van der Waals surface area contributed by atoms with Gasteiger partial charge in [-0.15, -0.1) is 0 Å². The number of esters is 1. The number of benzene rings is 2. The van der Waals surface area contributed by atoms with Crippen molar-refractivity contribution in [3.8, 4) is 11.5 Å². The summed E-state index contributed by atoms with van der Waals surface area (Å²) in [4.78, 5) is 12.1. The number of nitrogens with one attached hydrogen (secondary N) is 1. The van der Waals surface area contributed by atoms with Crippen LogP contribution in [0.1, 0.15) is 33.1 Å². The van der Waals surface area contributed by atoms with Crippen molar-refractivity contribution >= 4 is 13.7 Å². The summed E-state index contributed by atoms with van der Waals surface area (Å²) in [7, 11) is -4.91. The lowest BCUT2D eigenvalue weighted by Gasteiger charge is -2.23. The smallest absolute Gasteiger partial charge is 0.465 e. The van der Waals surface area contributed by atoms with Gasteiger partial charge in [0.25, 0.3) is 0 Å². The standard InChI is InChI=1S/C20H21F5NO5P/c1-3-4-8-11-29-20(27)12(2)26-32(28,30-13-9-6-5-7-10-13)31-19-17(24)15(22)14(21)16(23)18(19)25/h5-7,9-10,12H,3-4,8,11H2,1-2H3,(H,26,28)/t12-,32+/m0/s1. The number of para-hydroxylation sites is 1. The van der Waals surface area contributed by atoms with E-state index in [9.17, 15) is 31.3 Å². The van der Waals surface area contributed by atoms with Gasteiger partial charge in [0.1, 0.15) is 11.8 Å². The molecule has 0 radical (unpaired) electrons. The number of ether oxygens (including phenoxy) is 1. The van der Waals surface area contributed by atoms with Gasteiger partial charge in [0.15, 0.2) is 0 Å². The highest BCUT2D eigenvalue weighted by molar-refractivity contribution is 7.52. The van der Waals surface area contributed by atoms with Crippen LogP contribution in [0.4, 0.5) is 22.0 Å². The predicted octanol–water partition coefficient (Wildman–Crippen LogP) is 5.66. The lowest BCUT2D eigenvalue weighted by atomic mass is 10.3. The van der Waals surface area contributed by atoms with E-state index in [1.54, 1.807) is 6.07 Å². The van der Waals surface area contributed by atoms with Gasteiger partial charge in [0.2, 0.25) is 34.8 Å². The van der Waals surface area contributed by atoms with E-state index in [1.165, 1.54) is 31.2 Å². The van der Waals surface area contributed by atoms with Crippen LogP contribution in [0, 0.1) is 29.1 Å². The maximum absolute atomic E-state index is 14.1. The molecular formula is C20H21F5NO5P. The first-order valence-electron chi connectivity index (χ1n) is 9.59. The Morgan fingerprint density at radius 2 is 1.50 bits per heavy atom. The van der Waals surface area contributed by atoms with Crippen LogP contribution in [0.3, 0.4) is 0 Å². The maximum Gasteiger partial charge on any atom is 0.513 e. The third-order valence-corrected chi connectivity index (χ3v) is 5.62. The fraction of sp³-hybridized carbons (Fsp3) is 0.350. The minimum atomic E-state index is -4.91. The molecule has 1 N–H and O–H groups in total. The molecule has 2 atom stereocenters. The first kappa shape index (κ1) is 25.6. The molecule has 6 nitrogen and oxygen atoms in total. The van der Waals surface area contributed by atoms with E-state index in [4.69, 9.17) is 9.26 Å². The molecule has 2 aromatic carbocycles. The van der Waals surface area contributed by atoms with Crippen LogP contribution >= 0.6 is 7.75 Å². The van der Waals surface area contributed by atoms with Crippen LogP contribution < -0.4 is 14.1 Å². The zero-order chi connectivity index (χ0) is 23.9. The summed E-state index contributed by atoms with van der Waals surface area (Å²) in [6.07, 6.45) is 2.25. The Hall–Kier alpha value is -2.65. The van der Waals surface area contributed by atoms with Gasteiger partial charge < -0.3 is 13.8 Å². The maximum atomic E-state index is 14.1. The van der Waals surface area contributed by atoms with Crippen molar-refractivity contribution in [2.75, 3.05) is 6.61 Å². The van der Waals surface area contributed by atoms with Gasteiger partial charge in [-0.1, -0.05) is 38.0 Å². The third-order valence-electron chi connectivity index (χ3n) is 4.05. The quantitative estimate of drug-likeness (QED) is 0.112. The Labute approximate surface area is 181 Å². The number of carbonyl (C=O) groups excluding carboxylic acids is 1. The molecular weight excluding hydrogens is 460 g/mol. The second kappa shape index (κ2) is 11.3. The van der Waals surface area contributed by atoms with E-state index >= 15 is 0 Å². The molecule has 0 aliphatic carbocycles. The molecule has 12 heteroatoms. The van der Waals surface area contributed by atoms with Crippen molar-refractivity contribution in [3.05, 3.63) is 59.4 Å². The number of hydrogen-bond acceptors (Lipinski definition) is 5. The van der Waals surface area contributed by atoms with Crippen LogP contribution in [-0.4, -0.2) is 18.6 Å². The molecule has 176 valence electrons. The number of hydrogen-bond donors (Lipinski definition) is 1. The molecule has 0 aliphatic heterocycles. The minimum Gasteiger partial charge on any atom is -0.465 e. The third kappa shape index (κ3) is 6.43. The molecule has 0 saturated heterocycles. The topological polar surface area (TPSA) is 73.9 Å². The monoisotopic (exact) mass is 481 g/mol. The minimum absolute atomic E-state index is 0.0705. The lowest BCUT2D eigenvalue weighted by molar-refractivity contribution is -0.145. The second-order valence-electron chi connectivity index (χ2n) is 6.62. The summed E-state index contributed by atoms with van der Waals surface area (Å²) in [5.74, 6) is -14.6. The number of halogens is 5. The number of rotatable bonds is 11. The Kier molecular flexibility index (Phi) is 9.03. The summed E-state index contributed by atoms with van der Waals surface area (Å²) in [6, 6.07) is 5.71. The van der Waals surface area contributed by atoms with Crippen LogP contribution in [0.25, 0.3) is 0 Å². The highest BCUT2D eigenvalue weighted by Gasteiger charge is 2.38. The van der Waals surface area contributed by atoms with Gasteiger partial charge in [-0.3, -0.25) is 4.79 Å². The van der Waals surface area contributed by atoms with E-state index in [-0.39, 0.29) is 12.4 Å². The van der Waals surface area contributed by atoms with Gasteiger partial charge in [-0.2, -0.15) is 13.9 Å². The SMILES string of the molecule is CCCCCOC(=O)[C@H](C)N[P@@](=O)(Oc1ccccc1)Oc1c(F)c(F)c(F)c(F)c1F. The highest BCUT2D eigenvalue weighted by Crippen LogP contribution is 2.47. The largest absolute Gasteiger partial charge is 0.513 e. The Morgan fingerprint density at radius 1 is 0.938 bits per heavy atom. The first-order valence-corrected chi connectivity index (χ1v) is 11.1. The van der Waals surface area contributed by atoms with Gasteiger partial charge >= 0.3 is 13.7 Å². The molecule has 0 unspecified atom stereocenters. The Morgan fingerprint density at radius 3 is 2.06 bits per heavy atom. The average molecular weight is 481 g/mol. The molecule has 0 bridgehead atoms. The van der Waals surface area contributed by atoms with E-state index in [0.29, 0.717) is 6.42 Å². The van der Waals surface area contributed by atoms with Crippen LogP contribution in [0.15, 0.2) is 30.3 Å². The summed E-state index contributed by atoms with van der Waals surface area (Å²) in [6.45, 7) is 3.21. The molecule has 0 spiro atoms. The summed E-state index contributed by atoms with van der Waals surface area (Å²) >= 11 is 0. The molecule has 0 saturated carbocycles. The second-order valence-corrected chi connectivity index (χ2v) is 8.24. The Bertz CT molecular complexity index is 963. The molecule has 2 rings (SSSR count). The number of carbonyl (C=O) groups is 1. The van der Waals surface area contributed by atoms with Crippen LogP contribution in [-0.2, 0) is 14.1 Å². The van der Waals surface area contributed by atoms with E-state index < -0.39 is 54.6 Å². The zero-order valence-electron chi connectivity index (χ0n) is 17.2. The molecule has 0 aliphatic rings. The zero-order valence-corrected chi connectivity index (χ0v) is 18.1. The fourth-order valence-electron chi connectivity index (χ4n) is 2.42. The molecule has 0 fully saturated rings. The van der Waals surface area contributed by atoms with Gasteiger partial charge in [0.05, 0.1) is 6.61 Å². The van der Waals surface area contributed by atoms with Crippen LogP contribution in [0.2, 0.25) is 0 Å². The summed E-state index contributed by atoms with van der Waals surface area (Å²) < 4.78 is 96.5. The van der Waals surface area contributed by atoms with Crippen molar-refractivity contribution in [3.63, 3.8) is 0 Å². The van der Waals surface area contributed by atoms with Crippen molar-refractivity contribution in [2.45, 2.75) is 39.2 Å². The highest BCUT2D eigenvalue weighted by atomic mass is 31.2. The van der Waals surface area contributed by atoms with Crippen molar-refractivity contribution in [1.82, 2.24) is 5.09 Å². The predicted molar refractivity (Wildman–Crippen MR) is 105 cm³/mol.